The molecule has 0 aliphatic carbocycles. The van der Waals surface area contributed by atoms with Gasteiger partial charge in [-0.15, -0.1) is 0 Å². The first-order chi connectivity index (χ1) is 11.5. The highest BCUT2D eigenvalue weighted by Gasteiger charge is 2.26. The van der Waals surface area contributed by atoms with Gasteiger partial charge in [0.25, 0.3) is 5.56 Å². The topological polar surface area (TPSA) is 93.1 Å². The van der Waals surface area contributed by atoms with E-state index in [4.69, 9.17) is 4.74 Å². The molecule has 1 amide bonds. The minimum Gasteiger partial charge on any atom is -0.368 e. The molecule has 1 aliphatic rings. The highest BCUT2D eigenvalue weighted by molar-refractivity contribution is 5.76. The van der Waals surface area contributed by atoms with Gasteiger partial charge in [0.15, 0.2) is 0 Å². The van der Waals surface area contributed by atoms with E-state index >= 15 is 0 Å². The summed E-state index contributed by atoms with van der Waals surface area (Å²) in [6, 6.07) is 3.35. The van der Waals surface area contributed by atoms with Gasteiger partial charge in [0.2, 0.25) is 5.91 Å². The van der Waals surface area contributed by atoms with E-state index in [1.807, 2.05) is 13.1 Å². The van der Waals surface area contributed by atoms with Gasteiger partial charge in [-0.2, -0.15) is 5.10 Å². The number of ether oxygens (including phenoxy) is 1. The lowest BCUT2D eigenvalue weighted by Crippen LogP contribution is -2.42. The largest absolute Gasteiger partial charge is 0.368 e. The van der Waals surface area contributed by atoms with Gasteiger partial charge in [0, 0.05) is 38.0 Å². The molecule has 2 aromatic heterocycles. The summed E-state index contributed by atoms with van der Waals surface area (Å²) < 4.78 is 7.48. The Morgan fingerprint density at radius 1 is 1.50 bits per heavy atom. The summed E-state index contributed by atoms with van der Waals surface area (Å²) in [7, 11) is 1.87. The summed E-state index contributed by atoms with van der Waals surface area (Å²) >= 11 is 0. The quantitative estimate of drug-likeness (QED) is 0.872. The van der Waals surface area contributed by atoms with Gasteiger partial charge in [-0.1, -0.05) is 0 Å². The number of nitrogens with one attached hydrogen (secondary N) is 1. The van der Waals surface area contributed by atoms with Crippen LogP contribution in [0.15, 0.2) is 23.1 Å². The van der Waals surface area contributed by atoms with Crippen LogP contribution in [-0.2, 0) is 23.0 Å². The second-order valence-corrected chi connectivity index (χ2v) is 5.90. The third kappa shape index (κ3) is 3.70. The Bertz CT molecular complexity index is 782. The molecule has 1 saturated heterocycles. The van der Waals surface area contributed by atoms with Crippen molar-refractivity contribution in [3.8, 4) is 0 Å². The van der Waals surface area contributed by atoms with E-state index in [1.54, 1.807) is 22.7 Å². The molecule has 3 heterocycles. The van der Waals surface area contributed by atoms with Crippen LogP contribution in [0.2, 0.25) is 0 Å². The van der Waals surface area contributed by atoms with Crippen molar-refractivity contribution in [3.05, 3.63) is 45.9 Å². The van der Waals surface area contributed by atoms with Crippen molar-refractivity contribution in [1.82, 2.24) is 24.6 Å². The number of nitrogens with zero attached hydrogens (tertiary/aromatic N) is 4. The van der Waals surface area contributed by atoms with Gasteiger partial charge in [-0.25, -0.2) is 4.98 Å². The molecule has 0 aromatic carbocycles. The van der Waals surface area contributed by atoms with Crippen molar-refractivity contribution in [1.29, 1.82) is 0 Å². The average molecular weight is 331 g/mol. The van der Waals surface area contributed by atoms with Crippen LogP contribution in [-0.4, -0.2) is 50.3 Å². The number of H-pyrrole nitrogens is 1. The van der Waals surface area contributed by atoms with Crippen LogP contribution < -0.4 is 5.56 Å². The van der Waals surface area contributed by atoms with Crippen LogP contribution in [0.3, 0.4) is 0 Å². The summed E-state index contributed by atoms with van der Waals surface area (Å²) in [5, 5.41) is 4.11. The zero-order valence-electron chi connectivity index (χ0n) is 13.9. The number of aryl methyl sites for hydroxylation is 3. The lowest BCUT2D eigenvalue weighted by Gasteiger charge is -2.32. The zero-order chi connectivity index (χ0) is 17.1. The first-order valence-corrected chi connectivity index (χ1v) is 7.97. The summed E-state index contributed by atoms with van der Waals surface area (Å²) in [6.07, 6.45) is 2.44. The first kappa shape index (κ1) is 16.4. The molecule has 1 N–H and O–H groups in total. The van der Waals surface area contributed by atoms with Crippen molar-refractivity contribution < 1.29 is 9.53 Å². The molecule has 0 saturated carbocycles. The second kappa shape index (κ2) is 6.96. The van der Waals surface area contributed by atoms with Gasteiger partial charge in [-0.3, -0.25) is 14.3 Å². The molecule has 8 nitrogen and oxygen atoms in total. The monoisotopic (exact) mass is 331 g/mol. The van der Waals surface area contributed by atoms with E-state index in [9.17, 15) is 9.59 Å². The molecule has 0 unspecified atom stereocenters. The maximum atomic E-state index is 12.5. The van der Waals surface area contributed by atoms with Crippen LogP contribution in [0.5, 0.6) is 0 Å². The molecule has 8 heteroatoms. The molecular formula is C16H21N5O3. The SMILES string of the molecule is Cc1nc([C@H]2CN(C(=O)CCc3ccnn3C)CCO2)cc(=O)[nH]1. The number of carbonyl (C=O) groups is 1. The molecule has 24 heavy (non-hydrogen) atoms. The molecule has 1 fully saturated rings. The highest BCUT2D eigenvalue weighted by atomic mass is 16.5. The number of aromatic amines is 1. The summed E-state index contributed by atoms with van der Waals surface area (Å²) in [5.74, 6) is 0.617. The van der Waals surface area contributed by atoms with Gasteiger partial charge < -0.3 is 14.6 Å². The number of aromatic nitrogens is 4. The molecular weight excluding hydrogens is 310 g/mol. The van der Waals surface area contributed by atoms with E-state index < -0.39 is 0 Å². The molecule has 0 radical (unpaired) electrons. The van der Waals surface area contributed by atoms with Crippen LogP contribution in [0, 0.1) is 6.92 Å². The Kier molecular flexibility index (Phi) is 4.75. The van der Waals surface area contributed by atoms with E-state index in [1.165, 1.54) is 6.07 Å². The molecule has 128 valence electrons. The minimum atomic E-state index is -0.361. The van der Waals surface area contributed by atoms with Gasteiger partial charge in [0.1, 0.15) is 11.9 Å². The van der Waals surface area contributed by atoms with Crippen LogP contribution in [0.4, 0.5) is 0 Å². The normalized spacial score (nSPS) is 17.9. The molecule has 1 aliphatic heterocycles. The van der Waals surface area contributed by atoms with Gasteiger partial charge in [-0.05, 0) is 19.4 Å². The van der Waals surface area contributed by atoms with E-state index in [0.29, 0.717) is 44.1 Å². The van der Waals surface area contributed by atoms with Crippen molar-refractivity contribution in [3.63, 3.8) is 0 Å². The minimum absolute atomic E-state index is 0.0751. The average Bonchev–Trinajstić information content (AvgIpc) is 2.97. The van der Waals surface area contributed by atoms with Gasteiger partial charge in [0.05, 0.1) is 18.8 Å². The van der Waals surface area contributed by atoms with E-state index in [-0.39, 0.29) is 17.6 Å². The summed E-state index contributed by atoms with van der Waals surface area (Å²) in [6.45, 7) is 3.14. The van der Waals surface area contributed by atoms with Crippen LogP contribution >= 0.6 is 0 Å². The van der Waals surface area contributed by atoms with Crippen molar-refractivity contribution >= 4 is 5.91 Å². The number of hydrogen-bond acceptors (Lipinski definition) is 5. The molecule has 1 atom stereocenters. The third-order valence-corrected chi connectivity index (χ3v) is 4.15. The van der Waals surface area contributed by atoms with Gasteiger partial charge >= 0.3 is 0 Å². The Morgan fingerprint density at radius 3 is 3.04 bits per heavy atom. The zero-order valence-corrected chi connectivity index (χ0v) is 13.9. The fraction of sp³-hybridized carbons (Fsp3) is 0.500. The summed E-state index contributed by atoms with van der Waals surface area (Å²) in [5.41, 5.74) is 1.39. The smallest absolute Gasteiger partial charge is 0.251 e. The van der Waals surface area contributed by atoms with Crippen LogP contribution in [0.25, 0.3) is 0 Å². The summed E-state index contributed by atoms with van der Waals surface area (Å²) in [4.78, 5) is 32.8. The van der Waals surface area contributed by atoms with E-state index in [0.717, 1.165) is 5.69 Å². The van der Waals surface area contributed by atoms with Crippen LogP contribution in [0.1, 0.15) is 29.7 Å². The number of hydrogen-bond donors (Lipinski definition) is 1. The number of rotatable bonds is 4. The number of carbonyl (C=O) groups excluding carboxylic acids is 1. The predicted octanol–water partition coefficient (Wildman–Crippen LogP) is 0.345. The Hall–Kier alpha value is -2.48. The first-order valence-electron chi connectivity index (χ1n) is 7.97. The maximum absolute atomic E-state index is 12.5. The van der Waals surface area contributed by atoms with E-state index in [2.05, 4.69) is 15.1 Å². The standard InChI is InChI=1S/C16H21N5O3/c1-11-18-13(9-15(22)19-11)14-10-21(7-8-24-14)16(23)4-3-12-5-6-17-20(12)2/h5-6,9,14H,3-4,7-8,10H2,1-2H3,(H,18,19,22)/t14-/m1/s1. The Morgan fingerprint density at radius 2 is 2.33 bits per heavy atom. The predicted molar refractivity (Wildman–Crippen MR) is 86.4 cm³/mol. The molecule has 2 aromatic rings. The van der Waals surface area contributed by atoms with Crippen molar-refractivity contribution in [2.24, 2.45) is 7.05 Å². The lowest BCUT2D eigenvalue weighted by atomic mass is 10.1. The molecule has 3 rings (SSSR count). The lowest BCUT2D eigenvalue weighted by molar-refractivity contribution is -0.139. The number of amides is 1. The third-order valence-electron chi connectivity index (χ3n) is 4.15. The molecule has 0 bridgehead atoms. The fourth-order valence-corrected chi connectivity index (χ4v) is 2.86. The molecule has 0 spiro atoms. The van der Waals surface area contributed by atoms with Crippen molar-refractivity contribution in [2.45, 2.75) is 25.9 Å². The highest BCUT2D eigenvalue weighted by Crippen LogP contribution is 2.20. The second-order valence-electron chi connectivity index (χ2n) is 5.90. The Balaban J connectivity index is 1.63. The maximum Gasteiger partial charge on any atom is 0.251 e. The Labute approximate surface area is 139 Å². The number of morpholine rings is 1. The fourth-order valence-electron chi connectivity index (χ4n) is 2.86. The van der Waals surface area contributed by atoms with Crippen molar-refractivity contribution in [2.75, 3.05) is 19.7 Å².